The molecule has 1 aromatic heterocycles. The second-order valence-corrected chi connectivity index (χ2v) is 4.28. The van der Waals surface area contributed by atoms with Gasteiger partial charge in [0.05, 0.1) is 16.9 Å². The molecule has 2 rings (SSSR count). The van der Waals surface area contributed by atoms with Crippen LogP contribution < -0.4 is 0 Å². The summed E-state index contributed by atoms with van der Waals surface area (Å²) < 4.78 is 0. The predicted molar refractivity (Wildman–Crippen MR) is 70.4 cm³/mol. The van der Waals surface area contributed by atoms with Crippen LogP contribution in [0.1, 0.15) is 16.1 Å². The summed E-state index contributed by atoms with van der Waals surface area (Å²) in [5.41, 5.74) is 0.324. The Morgan fingerprint density at radius 1 is 1.32 bits per heavy atom. The zero-order chi connectivity index (χ0) is 13.8. The van der Waals surface area contributed by atoms with Crippen LogP contribution in [-0.2, 0) is 6.42 Å². The number of halogens is 1. The third-order valence-corrected chi connectivity index (χ3v) is 2.76. The molecule has 5 nitrogen and oxygen atoms in total. The van der Waals surface area contributed by atoms with Crippen molar-refractivity contribution in [2.75, 3.05) is 0 Å². The summed E-state index contributed by atoms with van der Waals surface area (Å²) in [5, 5.41) is 11.1. The third kappa shape index (κ3) is 3.14. The molecule has 0 bridgehead atoms. The molecule has 0 spiro atoms. The van der Waals surface area contributed by atoms with E-state index in [0.29, 0.717) is 5.69 Å². The van der Waals surface area contributed by atoms with E-state index in [0.717, 1.165) is 0 Å². The van der Waals surface area contributed by atoms with Crippen molar-refractivity contribution >= 4 is 23.1 Å². The van der Waals surface area contributed by atoms with Gasteiger partial charge in [-0.25, -0.2) is 0 Å². The average molecular weight is 277 g/mol. The molecule has 19 heavy (non-hydrogen) atoms. The Morgan fingerprint density at radius 2 is 2.11 bits per heavy atom. The average Bonchev–Trinajstić information content (AvgIpc) is 2.39. The summed E-state index contributed by atoms with van der Waals surface area (Å²) >= 11 is 5.70. The summed E-state index contributed by atoms with van der Waals surface area (Å²) in [7, 11) is 0. The van der Waals surface area contributed by atoms with E-state index < -0.39 is 4.92 Å². The first-order chi connectivity index (χ1) is 9.08. The molecule has 0 atom stereocenters. The van der Waals surface area contributed by atoms with Crippen molar-refractivity contribution in [2.45, 2.75) is 6.42 Å². The number of ketones is 1. The summed E-state index contributed by atoms with van der Waals surface area (Å²) in [5.74, 6) is -0.359. The Hall–Kier alpha value is -2.27. The van der Waals surface area contributed by atoms with Gasteiger partial charge in [0.1, 0.15) is 0 Å². The van der Waals surface area contributed by atoms with E-state index in [4.69, 9.17) is 11.6 Å². The highest BCUT2D eigenvalue weighted by Gasteiger charge is 2.20. The minimum absolute atomic E-state index is 0.0172. The van der Waals surface area contributed by atoms with Gasteiger partial charge in [0.15, 0.2) is 5.78 Å². The molecule has 0 aliphatic heterocycles. The third-order valence-electron chi connectivity index (χ3n) is 2.52. The highest BCUT2D eigenvalue weighted by Crippen LogP contribution is 2.24. The number of nitro benzene ring substituents is 1. The topological polar surface area (TPSA) is 73.1 Å². The van der Waals surface area contributed by atoms with Crippen molar-refractivity contribution in [3.63, 3.8) is 0 Å². The number of hydrogen-bond acceptors (Lipinski definition) is 4. The summed E-state index contributed by atoms with van der Waals surface area (Å²) in [6.07, 6.45) is 1.59. The van der Waals surface area contributed by atoms with Gasteiger partial charge in [-0.1, -0.05) is 17.7 Å². The van der Waals surface area contributed by atoms with Crippen LogP contribution in [0.5, 0.6) is 0 Å². The summed E-state index contributed by atoms with van der Waals surface area (Å²) in [6.45, 7) is 0. The van der Waals surface area contributed by atoms with Crippen LogP contribution in [0, 0.1) is 10.1 Å². The number of aromatic nitrogens is 1. The lowest BCUT2D eigenvalue weighted by atomic mass is 10.0. The molecule has 0 unspecified atom stereocenters. The van der Waals surface area contributed by atoms with Crippen molar-refractivity contribution < 1.29 is 9.72 Å². The number of hydrogen-bond donors (Lipinski definition) is 0. The fourth-order valence-corrected chi connectivity index (χ4v) is 1.82. The lowest BCUT2D eigenvalue weighted by Gasteiger charge is -2.02. The predicted octanol–water partition coefficient (Wildman–Crippen LogP) is 3.07. The summed E-state index contributed by atoms with van der Waals surface area (Å²) in [6, 6.07) is 9.18. The first-order valence-electron chi connectivity index (χ1n) is 5.45. The largest absolute Gasteiger partial charge is 0.293 e. The van der Waals surface area contributed by atoms with Crippen LogP contribution in [0.3, 0.4) is 0 Å². The fraction of sp³-hybridized carbons (Fsp3) is 0.0769. The molecule has 0 N–H and O–H groups in total. The van der Waals surface area contributed by atoms with Crippen molar-refractivity contribution in [1.82, 2.24) is 4.98 Å². The molecule has 0 amide bonds. The zero-order valence-corrected chi connectivity index (χ0v) is 10.5. The first kappa shape index (κ1) is 13.2. The molecule has 0 radical (unpaired) electrons. The van der Waals surface area contributed by atoms with E-state index in [1.54, 1.807) is 24.4 Å². The molecule has 0 aliphatic carbocycles. The van der Waals surface area contributed by atoms with Gasteiger partial charge in [-0.3, -0.25) is 19.9 Å². The molecule has 2 aromatic rings. The van der Waals surface area contributed by atoms with Crippen molar-refractivity contribution in [3.05, 3.63) is 69.0 Å². The van der Waals surface area contributed by atoms with Crippen LogP contribution in [0.15, 0.2) is 42.6 Å². The molecular weight excluding hydrogens is 268 g/mol. The standard InChI is InChI=1S/C13H9ClN2O3/c14-9-4-5-11(12(7-9)16(18)19)13(17)8-10-3-1-2-6-15-10/h1-7H,8H2. The van der Waals surface area contributed by atoms with Gasteiger partial charge in [0.2, 0.25) is 0 Å². The number of carbonyl (C=O) groups is 1. The van der Waals surface area contributed by atoms with Gasteiger partial charge >= 0.3 is 0 Å². The Kier molecular flexibility index (Phi) is 3.87. The second-order valence-electron chi connectivity index (χ2n) is 3.84. The van der Waals surface area contributed by atoms with Gasteiger partial charge in [-0.2, -0.15) is 0 Å². The maximum Gasteiger partial charge on any atom is 0.281 e. The van der Waals surface area contributed by atoms with Crippen LogP contribution in [-0.4, -0.2) is 15.7 Å². The molecular formula is C13H9ClN2O3. The van der Waals surface area contributed by atoms with E-state index in [9.17, 15) is 14.9 Å². The van der Waals surface area contributed by atoms with Gasteiger partial charge in [-0.15, -0.1) is 0 Å². The molecule has 6 heteroatoms. The van der Waals surface area contributed by atoms with Crippen LogP contribution in [0.4, 0.5) is 5.69 Å². The highest BCUT2D eigenvalue weighted by atomic mass is 35.5. The molecule has 0 fully saturated rings. The number of benzene rings is 1. The Balaban J connectivity index is 2.31. The minimum Gasteiger partial charge on any atom is -0.293 e. The highest BCUT2D eigenvalue weighted by molar-refractivity contribution is 6.31. The minimum atomic E-state index is -0.614. The molecule has 0 saturated heterocycles. The normalized spacial score (nSPS) is 10.2. The number of nitro groups is 1. The van der Waals surface area contributed by atoms with Crippen LogP contribution >= 0.6 is 11.6 Å². The van der Waals surface area contributed by atoms with Gasteiger partial charge in [0, 0.05) is 23.0 Å². The van der Waals surface area contributed by atoms with Crippen molar-refractivity contribution in [2.24, 2.45) is 0 Å². The zero-order valence-electron chi connectivity index (χ0n) is 9.75. The Morgan fingerprint density at radius 3 is 2.74 bits per heavy atom. The number of carbonyl (C=O) groups excluding carboxylic acids is 1. The number of nitrogens with zero attached hydrogens (tertiary/aromatic N) is 2. The van der Waals surface area contributed by atoms with Gasteiger partial charge in [0.25, 0.3) is 5.69 Å². The quantitative estimate of drug-likeness (QED) is 0.489. The van der Waals surface area contributed by atoms with Gasteiger partial charge in [-0.05, 0) is 24.3 Å². The van der Waals surface area contributed by atoms with E-state index in [-0.39, 0.29) is 28.5 Å². The molecule has 1 heterocycles. The molecule has 0 saturated carbocycles. The number of pyridine rings is 1. The Labute approximate surface area is 114 Å². The lowest BCUT2D eigenvalue weighted by molar-refractivity contribution is -0.385. The second kappa shape index (κ2) is 5.58. The van der Waals surface area contributed by atoms with E-state index in [1.807, 2.05) is 0 Å². The number of Topliss-reactive ketones (excluding diaryl/α,β-unsaturated/α-hetero) is 1. The van der Waals surface area contributed by atoms with Gasteiger partial charge < -0.3 is 0 Å². The molecule has 0 aliphatic rings. The SMILES string of the molecule is O=C(Cc1ccccn1)c1ccc(Cl)cc1[N+](=O)[O-]. The van der Waals surface area contributed by atoms with Crippen molar-refractivity contribution in [3.8, 4) is 0 Å². The lowest BCUT2D eigenvalue weighted by Crippen LogP contribution is -2.08. The maximum absolute atomic E-state index is 12.1. The summed E-state index contributed by atoms with van der Waals surface area (Å²) in [4.78, 5) is 26.4. The monoisotopic (exact) mass is 276 g/mol. The van der Waals surface area contributed by atoms with E-state index >= 15 is 0 Å². The molecule has 96 valence electrons. The van der Waals surface area contributed by atoms with Crippen molar-refractivity contribution in [1.29, 1.82) is 0 Å². The smallest absolute Gasteiger partial charge is 0.281 e. The fourth-order valence-electron chi connectivity index (χ4n) is 1.65. The molecule has 1 aromatic carbocycles. The van der Waals surface area contributed by atoms with Crippen LogP contribution in [0.25, 0.3) is 0 Å². The Bertz CT molecular complexity index is 629. The number of rotatable bonds is 4. The van der Waals surface area contributed by atoms with E-state index in [2.05, 4.69) is 4.98 Å². The first-order valence-corrected chi connectivity index (χ1v) is 5.83. The maximum atomic E-state index is 12.1. The van der Waals surface area contributed by atoms with Crippen LogP contribution in [0.2, 0.25) is 5.02 Å². The van der Waals surface area contributed by atoms with E-state index in [1.165, 1.54) is 18.2 Å².